The largest absolute Gasteiger partial charge is 0.488 e. The van der Waals surface area contributed by atoms with Crippen LogP contribution in [0.3, 0.4) is 0 Å². The molecule has 0 amide bonds. The van der Waals surface area contributed by atoms with Crippen LogP contribution in [-0.4, -0.2) is 6.21 Å². The highest BCUT2D eigenvalue weighted by Gasteiger charge is 2.32. The first kappa shape index (κ1) is 21.3. The summed E-state index contributed by atoms with van der Waals surface area (Å²) in [6, 6.07) is 20.5. The van der Waals surface area contributed by atoms with Crippen molar-refractivity contribution in [3.63, 3.8) is 0 Å². The zero-order chi connectivity index (χ0) is 21.8. The summed E-state index contributed by atoms with van der Waals surface area (Å²) >= 11 is 1.68. The van der Waals surface area contributed by atoms with Crippen LogP contribution in [0.25, 0.3) is 0 Å². The van der Waals surface area contributed by atoms with Gasteiger partial charge >= 0.3 is 0 Å². The lowest BCUT2D eigenvalue weighted by molar-refractivity contribution is 0.218. The molecule has 0 unspecified atom stereocenters. The molecule has 1 aliphatic rings. The average Bonchev–Trinajstić information content (AvgIpc) is 3.13. The van der Waals surface area contributed by atoms with E-state index in [0.717, 1.165) is 46.7 Å². The molecule has 0 saturated carbocycles. The van der Waals surface area contributed by atoms with Crippen molar-refractivity contribution in [2.45, 2.75) is 46.6 Å². The van der Waals surface area contributed by atoms with E-state index in [2.05, 4.69) is 39.0 Å². The number of ether oxygens (including phenoxy) is 1. The number of aliphatic imine (C=N–C) groups is 1. The molecule has 2 aromatic carbocycles. The van der Waals surface area contributed by atoms with Crippen molar-refractivity contribution in [3.05, 3.63) is 81.7 Å². The second-order valence-electron chi connectivity index (χ2n) is 9.17. The van der Waals surface area contributed by atoms with Gasteiger partial charge < -0.3 is 4.74 Å². The van der Waals surface area contributed by atoms with Gasteiger partial charge in [-0.1, -0.05) is 63.2 Å². The quantitative estimate of drug-likeness (QED) is 0.407. The van der Waals surface area contributed by atoms with Gasteiger partial charge in [-0.3, -0.25) is 0 Å². The molecule has 1 atom stereocenters. The summed E-state index contributed by atoms with van der Waals surface area (Å²) in [5, 5.41) is 10.6. The second kappa shape index (κ2) is 9.08. The molecule has 0 N–H and O–H groups in total. The molecular formula is C27H28N2OS. The molecule has 1 aromatic heterocycles. The van der Waals surface area contributed by atoms with Gasteiger partial charge in [0, 0.05) is 16.7 Å². The van der Waals surface area contributed by atoms with Crippen molar-refractivity contribution in [3.8, 4) is 11.8 Å². The van der Waals surface area contributed by atoms with Crippen molar-refractivity contribution in [1.29, 1.82) is 5.26 Å². The first-order valence-electron chi connectivity index (χ1n) is 10.8. The maximum absolute atomic E-state index is 9.81. The van der Waals surface area contributed by atoms with Crippen molar-refractivity contribution in [1.82, 2.24) is 0 Å². The lowest BCUT2D eigenvalue weighted by Crippen LogP contribution is -2.26. The average molecular weight is 429 g/mol. The number of thiophene rings is 1. The minimum atomic E-state index is 0.285. The number of rotatable bonds is 5. The molecule has 0 aliphatic heterocycles. The summed E-state index contributed by atoms with van der Waals surface area (Å²) in [4.78, 5) is 6.08. The Kier molecular flexibility index (Phi) is 6.25. The molecule has 3 nitrogen and oxygen atoms in total. The van der Waals surface area contributed by atoms with Crippen molar-refractivity contribution < 1.29 is 4.74 Å². The Morgan fingerprint density at radius 1 is 1.13 bits per heavy atom. The number of para-hydroxylation sites is 1. The molecule has 1 heterocycles. The van der Waals surface area contributed by atoms with Gasteiger partial charge in [-0.25, -0.2) is 4.99 Å². The summed E-state index contributed by atoms with van der Waals surface area (Å²) in [7, 11) is 0. The van der Waals surface area contributed by atoms with Crippen molar-refractivity contribution in [2.24, 2.45) is 16.3 Å². The zero-order valence-electron chi connectivity index (χ0n) is 18.4. The van der Waals surface area contributed by atoms with Gasteiger partial charge in [-0.2, -0.15) is 5.26 Å². The van der Waals surface area contributed by atoms with E-state index in [1.807, 2.05) is 48.7 Å². The Labute approximate surface area is 189 Å². The first-order valence-corrected chi connectivity index (χ1v) is 11.6. The summed E-state index contributed by atoms with van der Waals surface area (Å²) in [5.74, 6) is 1.44. The van der Waals surface area contributed by atoms with Crippen LogP contribution in [-0.2, 0) is 19.4 Å². The van der Waals surface area contributed by atoms with Crippen LogP contribution >= 0.6 is 11.3 Å². The normalized spacial score (nSPS) is 16.1. The third-order valence-corrected chi connectivity index (χ3v) is 7.22. The predicted molar refractivity (Wildman–Crippen MR) is 128 cm³/mol. The Morgan fingerprint density at radius 3 is 2.61 bits per heavy atom. The van der Waals surface area contributed by atoms with Crippen molar-refractivity contribution in [2.75, 3.05) is 0 Å². The van der Waals surface area contributed by atoms with Gasteiger partial charge in [0.25, 0.3) is 0 Å². The van der Waals surface area contributed by atoms with Gasteiger partial charge in [-0.15, -0.1) is 11.3 Å². The van der Waals surface area contributed by atoms with Crippen LogP contribution in [0.4, 0.5) is 5.00 Å². The third kappa shape index (κ3) is 4.89. The van der Waals surface area contributed by atoms with Gasteiger partial charge in [0.2, 0.25) is 0 Å². The van der Waals surface area contributed by atoms with Crippen molar-refractivity contribution >= 4 is 22.6 Å². The molecule has 158 valence electrons. The van der Waals surface area contributed by atoms with E-state index in [9.17, 15) is 5.26 Å². The Hall–Kier alpha value is -2.90. The fourth-order valence-electron chi connectivity index (χ4n) is 4.10. The molecule has 1 aliphatic carbocycles. The summed E-state index contributed by atoms with van der Waals surface area (Å²) < 4.78 is 6.05. The van der Waals surface area contributed by atoms with Gasteiger partial charge in [-0.05, 0) is 53.9 Å². The maximum Gasteiger partial charge on any atom is 0.134 e. The topological polar surface area (TPSA) is 45.4 Å². The molecular weight excluding hydrogens is 400 g/mol. The minimum absolute atomic E-state index is 0.285. The fourth-order valence-corrected chi connectivity index (χ4v) is 5.32. The van der Waals surface area contributed by atoms with E-state index in [0.29, 0.717) is 12.5 Å². The summed E-state index contributed by atoms with van der Waals surface area (Å²) in [6.07, 6.45) is 4.99. The third-order valence-electron chi connectivity index (χ3n) is 6.06. The molecule has 0 radical (unpaired) electrons. The highest BCUT2D eigenvalue weighted by molar-refractivity contribution is 7.16. The van der Waals surface area contributed by atoms with Gasteiger partial charge in [0.15, 0.2) is 0 Å². The summed E-state index contributed by atoms with van der Waals surface area (Å²) in [6.45, 7) is 7.45. The number of hydrogen-bond donors (Lipinski definition) is 0. The lowest BCUT2D eigenvalue weighted by Gasteiger charge is -2.33. The van der Waals surface area contributed by atoms with Crippen LogP contribution in [0.1, 0.15) is 54.3 Å². The number of hydrogen-bond acceptors (Lipinski definition) is 4. The monoisotopic (exact) mass is 428 g/mol. The standard InChI is InChI=1S/C27H28N2OS/c1-27(2,3)21-13-14-22-23(16-28)26(31-25(22)15-21)29-17-20-11-7-8-12-24(20)30-18-19-9-5-4-6-10-19/h4-12,17,21H,13-15,18H2,1-3H3/t21-/m0/s1. The molecule has 0 spiro atoms. The van der Waals surface area contributed by atoms with Crippen LogP contribution < -0.4 is 4.74 Å². The van der Waals surface area contributed by atoms with E-state index >= 15 is 0 Å². The fraction of sp³-hybridized carbons (Fsp3) is 0.333. The Balaban J connectivity index is 1.56. The Bertz CT molecular complexity index is 1120. The van der Waals surface area contributed by atoms with Crippen LogP contribution in [0.5, 0.6) is 5.75 Å². The maximum atomic E-state index is 9.81. The van der Waals surface area contributed by atoms with E-state index in [1.165, 1.54) is 10.4 Å². The van der Waals surface area contributed by atoms with Gasteiger partial charge in [0.1, 0.15) is 23.4 Å². The smallest absolute Gasteiger partial charge is 0.134 e. The molecule has 0 bridgehead atoms. The van der Waals surface area contributed by atoms with E-state index in [-0.39, 0.29) is 5.41 Å². The number of nitriles is 1. The lowest BCUT2D eigenvalue weighted by atomic mass is 9.72. The van der Waals surface area contributed by atoms with Crippen LogP contribution in [0.15, 0.2) is 59.6 Å². The molecule has 0 saturated heterocycles. The first-order chi connectivity index (χ1) is 15.0. The highest BCUT2D eigenvalue weighted by Crippen LogP contribution is 2.44. The molecule has 4 heteroatoms. The van der Waals surface area contributed by atoms with E-state index in [1.54, 1.807) is 11.3 Å². The minimum Gasteiger partial charge on any atom is -0.488 e. The molecule has 4 rings (SSSR count). The predicted octanol–water partition coefficient (Wildman–Crippen LogP) is 7.10. The SMILES string of the molecule is CC(C)(C)[C@H]1CCc2c(sc(N=Cc3ccccc3OCc3ccccc3)c2C#N)C1. The Morgan fingerprint density at radius 2 is 1.87 bits per heavy atom. The zero-order valence-corrected chi connectivity index (χ0v) is 19.2. The highest BCUT2D eigenvalue weighted by atomic mass is 32.1. The summed E-state index contributed by atoms with van der Waals surface area (Å²) in [5.41, 5.74) is 4.30. The number of benzene rings is 2. The second-order valence-corrected chi connectivity index (χ2v) is 10.3. The van der Waals surface area contributed by atoms with Crippen LogP contribution in [0, 0.1) is 22.7 Å². The number of fused-ring (bicyclic) bond motifs is 1. The van der Waals surface area contributed by atoms with Gasteiger partial charge in [0.05, 0.1) is 5.56 Å². The molecule has 31 heavy (non-hydrogen) atoms. The van der Waals surface area contributed by atoms with E-state index < -0.39 is 0 Å². The van der Waals surface area contributed by atoms with Crippen LogP contribution in [0.2, 0.25) is 0 Å². The number of nitrogens with zero attached hydrogens (tertiary/aromatic N) is 2. The van der Waals surface area contributed by atoms with E-state index in [4.69, 9.17) is 9.73 Å². The molecule has 3 aromatic rings. The molecule has 0 fully saturated rings.